The van der Waals surface area contributed by atoms with Crippen LogP contribution >= 0.6 is 0 Å². The summed E-state index contributed by atoms with van der Waals surface area (Å²) in [6.45, 7) is 3.32. The Hall–Kier alpha value is -1.16. The molecule has 1 aliphatic heterocycles. The molecule has 0 atom stereocenters. The average molecular weight is 227 g/mol. The number of piperidine rings is 1. The normalized spacial score (nSPS) is 17.4. The Bertz CT molecular complexity index is 352. The molecule has 88 valence electrons. The van der Waals surface area contributed by atoms with E-state index in [2.05, 4.69) is 5.32 Å². The van der Waals surface area contributed by atoms with Crippen molar-refractivity contribution in [3.63, 3.8) is 0 Å². The summed E-state index contributed by atoms with van der Waals surface area (Å²) in [6, 6.07) is 2.58. The van der Waals surface area contributed by atoms with Crippen LogP contribution in [0.25, 0.3) is 0 Å². The van der Waals surface area contributed by atoms with Crippen LogP contribution in [0, 0.1) is 18.6 Å². The molecule has 1 aromatic rings. The zero-order valence-electron chi connectivity index (χ0n) is 9.22. The van der Waals surface area contributed by atoms with Crippen LogP contribution in [-0.4, -0.2) is 19.2 Å². The number of benzene rings is 1. The molecular formula is C12H15F2NO. The van der Waals surface area contributed by atoms with E-state index in [0.717, 1.165) is 25.9 Å². The molecule has 0 aromatic heterocycles. The lowest BCUT2D eigenvalue weighted by molar-refractivity contribution is 0.149. The zero-order valence-corrected chi connectivity index (χ0v) is 9.22. The summed E-state index contributed by atoms with van der Waals surface area (Å²) < 4.78 is 32.4. The number of hydrogen-bond donors (Lipinski definition) is 1. The molecule has 16 heavy (non-hydrogen) atoms. The monoisotopic (exact) mass is 227 g/mol. The van der Waals surface area contributed by atoms with Gasteiger partial charge in [0.05, 0.1) is 0 Å². The van der Waals surface area contributed by atoms with Crippen molar-refractivity contribution in [2.45, 2.75) is 25.9 Å². The third-order valence-corrected chi connectivity index (χ3v) is 2.71. The van der Waals surface area contributed by atoms with E-state index in [4.69, 9.17) is 4.74 Å². The summed E-state index contributed by atoms with van der Waals surface area (Å²) in [6.07, 6.45) is 1.48. The minimum Gasteiger partial charge on any atom is -0.484 e. The average Bonchev–Trinajstić information content (AvgIpc) is 2.25. The topological polar surface area (TPSA) is 21.3 Å². The molecule has 1 aliphatic rings. The van der Waals surface area contributed by atoms with Gasteiger partial charge in [-0.25, -0.2) is 8.78 Å². The third-order valence-electron chi connectivity index (χ3n) is 2.71. The Kier molecular flexibility index (Phi) is 3.39. The Labute approximate surface area is 93.6 Å². The molecule has 0 amide bonds. The van der Waals surface area contributed by atoms with Crippen LogP contribution < -0.4 is 10.1 Å². The molecule has 0 radical (unpaired) electrons. The van der Waals surface area contributed by atoms with Crippen LogP contribution in [0.4, 0.5) is 8.78 Å². The zero-order chi connectivity index (χ0) is 11.5. The first kappa shape index (κ1) is 11.3. The van der Waals surface area contributed by atoms with Crippen LogP contribution in [0.1, 0.15) is 18.4 Å². The first-order chi connectivity index (χ1) is 7.66. The fourth-order valence-electron chi connectivity index (χ4n) is 1.88. The molecular weight excluding hydrogens is 212 g/mol. The fourth-order valence-corrected chi connectivity index (χ4v) is 1.88. The summed E-state index contributed by atoms with van der Waals surface area (Å²) in [4.78, 5) is 0. The minimum atomic E-state index is -0.615. The van der Waals surface area contributed by atoms with Gasteiger partial charge in [0, 0.05) is 0 Å². The van der Waals surface area contributed by atoms with Crippen molar-refractivity contribution in [1.82, 2.24) is 5.32 Å². The summed E-state index contributed by atoms with van der Waals surface area (Å²) in [5.41, 5.74) is 0.563. The highest BCUT2D eigenvalue weighted by Gasteiger charge is 2.19. The van der Waals surface area contributed by atoms with Gasteiger partial charge in [0.25, 0.3) is 0 Å². The molecule has 4 heteroatoms. The Morgan fingerprint density at radius 2 is 1.75 bits per heavy atom. The lowest BCUT2D eigenvalue weighted by Crippen LogP contribution is -2.34. The van der Waals surface area contributed by atoms with Crippen molar-refractivity contribution in [3.05, 3.63) is 29.3 Å². The van der Waals surface area contributed by atoms with Gasteiger partial charge >= 0.3 is 0 Å². The van der Waals surface area contributed by atoms with Gasteiger partial charge in [-0.1, -0.05) is 0 Å². The van der Waals surface area contributed by atoms with Gasteiger partial charge in [0.1, 0.15) is 6.10 Å². The smallest absolute Gasteiger partial charge is 0.191 e. The van der Waals surface area contributed by atoms with E-state index < -0.39 is 11.6 Å². The van der Waals surface area contributed by atoms with Crippen molar-refractivity contribution in [1.29, 1.82) is 0 Å². The Morgan fingerprint density at radius 3 is 2.31 bits per heavy atom. The fraction of sp³-hybridized carbons (Fsp3) is 0.500. The highest BCUT2D eigenvalue weighted by molar-refractivity contribution is 5.30. The van der Waals surface area contributed by atoms with E-state index in [-0.39, 0.29) is 11.9 Å². The van der Waals surface area contributed by atoms with Gasteiger partial charge in [-0.3, -0.25) is 0 Å². The standard InChI is InChI=1S/C12H15F2NO/c1-8-6-10(13)12(11(14)7-8)16-9-2-4-15-5-3-9/h6-7,9,15H,2-5H2,1H3. The highest BCUT2D eigenvalue weighted by atomic mass is 19.1. The maximum Gasteiger partial charge on any atom is 0.191 e. The second-order valence-electron chi connectivity index (χ2n) is 4.12. The highest BCUT2D eigenvalue weighted by Crippen LogP contribution is 2.25. The van der Waals surface area contributed by atoms with Gasteiger partial charge in [-0.2, -0.15) is 0 Å². The van der Waals surface area contributed by atoms with E-state index in [1.54, 1.807) is 6.92 Å². The van der Waals surface area contributed by atoms with Crippen LogP contribution in [0.5, 0.6) is 5.75 Å². The van der Waals surface area contributed by atoms with Crippen molar-refractivity contribution in [2.24, 2.45) is 0 Å². The summed E-state index contributed by atoms with van der Waals surface area (Å²) in [5.74, 6) is -1.47. The van der Waals surface area contributed by atoms with Gasteiger partial charge < -0.3 is 10.1 Å². The molecule has 0 spiro atoms. The predicted molar refractivity (Wildman–Crippen MR) is 57.6 cm³/mol. The molecule has 0 bridgehead atoms. The third kappa shape index (κ3) is 2.50. The van der Waals surface area contributed by atoms with Crippen molar-refractivity contribution < 1.29 is 13.5 Å². The molecule has 1 N–H and O–H groups in total. The predicted octanol–water partition coefficient (Wildman–Crippen LogP) is 2.40. The molecule has 1 heterocycles. The van der Waals surface area contributed by atoms with Crippen LogP contribution in [0.2, 0.25) is 0 Å². The van der Waals surface area contributed by atoms with Gasteiger partial charge in [0.15, 0.2) is 17.4 Å². The number of aryl methyl sites for hydroxylation is 1. The van der Waals surface area contributed by atoms with Crippen LogP contribution in [-0.2, 0) is 0 Å². The van der Waals surface area contributed by atoms with E-state index in [1.165, 1.54) is 12.1 Å². The molecule has 0 aliphatic carbocycles. The minimum absolute atomic E-state index is 0.0899. The number of nitrogens with one attached hydrogen (secondary N) is 1. The number of ether oxygens (including phenoxy) is 1. The largest absolute Gasteiger partial charge is 0.484 e. The molecule has 1 fully saturated rings. The second kappa shape index (κ2) is 4.78. The van der Waals surface area contributed by atoms with Crippen LogP contribution in [0.15, 0.2) is 12.1 Å². The lowest BCUT2D eigenvalue weighted by atomic mass is 10.1. The van der Waals surface area contributed by atoms with Gasteiger partial charge in [0.2, 0.25) is 0 Å². The molecule has 0 unspecified atom stereocenters. The Morgan fingerprint density at radius 1 is 1.19 bits per heavy atom. The van der Waals surface area contributed by atoms with Crippen molar-refractivity contribution in [3.8, 4) is 5.75 Å². The number of rotatable bonds is 2. The first-order valence-electron chi connectivity index (χ1n) is 5.50. The number of halogens is 2. The van der Waals surface area contributed by atoms with Gasteiger partial charge in [-0.15, -0.1) is 0 Å². The first-order valence-corrected chi connectivity index (χ1v) is 5.50. The van der Waals surface area contributed by atoms with E-state index in [9.17, 15) is 8.78 Å². The van der Waals surface area contributed by atoms with Crippen LogP contribution in [0.3, 0.4) is 0 Å². The Balaban J connectivity index is 2.14. The molecule has 0 saturated carbocycles. The molecule has 1 saturated heterocycles. The summed E-state index contributed by atoms with van der Waals surface area (Å²) in [5, 5.41) is 3.17. The summed E-state index contributed by atoms with van der Waals surface area (Å²) >= 11 is 0. The van der Waals surface area contributed by atoms with Crippen molar-refractivity contribution in [2.75, 3.05) is 13.1 Å². The van der Waals surface area contributed by atoms with E-state index in [1.807, 2.05) is 0 Å². The van der Waals surface area contributed by atoms with Crippen molar-refractivity contribution >= 4 is 0 Å². The van der Waals surface area contributed by atoms with E-state index >= 15 is 0 Å². The molecule has 2 rings (SSSR count). The number of hydrogen-bond acceptors (Lipinski definition) is 2. The summed E-state index contributed by atoms with van der Waals surface area (Å²) in [7, 11) is 0. The molecule has 1 aromatic carbocycles. The quantitative estimate of drug-likeness (QED) is 0.837. The second-order valence-corrected chi connectivity index (χ2v) is 4.12. The molecule has 2 nitrogen and oxygen atoms in total. The maximum atomic E-state index is 13.5. The maximum absolute atomic E-state index is 13.5. The SMILES string of the molecule is Cc1cc(F)c(OC2CCNCC2)c(F)c1. The lowest BCUT2D eigenvalue weighted by Gasteiger charge is -2.24. The van der Waals surface area contributed by atoms with E-state index in [0.29, 0.717) is 5.56 Å². The van der Waals surface area contributed by atoms with Gasteiger partial charge in [-0.05, 0) is 50.6 Å².